The highest BCUT2D eigenvalue weighted by Gasteiger charge is 2.11. The molecule has 0 aliphatic heterocycles. The van der Waals surface area contributed by atoms with E-state index in [-0.39, 0.29) is 5.91 Å². The number of carbonyl (C=O) groups is 1. The minimum atomic E-state index is -0.102. The molecule has 3 aromatic rings. The van der Waals surface area contributed by atoms with Crippen molar-refractivity contribution in [3.63, 3.8) is 0 Å². The highest BCUT2D eigenvalue weighted by molar-refractivity contribution is 7.22. The number of rotatable bonds is 6. The summed E-state index contributed by atoms with van der Waals surface area (Å²) in [7, 11) is 3.22. The number of anilines is 1. The van der Waals surface area contributed by atoms with Gasteiger partial charge in [-0.3, -0.25) is 4.79 Å². The van der Waals surface area contributed by atoms with Gasteiger partial charge in [0.1, 0.15) is 11.5 Å². The van der Waals surface area contributed by atoms with E-state index in [0.29, 0.717) is 23.0 Å². The zero-order chi connectivity index (χ0) is 17.8. The highest BCUT2D eigenvalue weighted by atomic mass is 35.5. The van der Waals surface area contributed by atoms with Crippen LogP contribution in [0.2, 0.25) is 5.02 Å². The fraction of sp³-hybridized carbons (Fsp3) is 0.222. The fourth-order valence-corrected chi connectivity index (χ4v) is 3.62. The molecule has 0 atom stereocenters. The lowest BCUT2D eigenvalue weighted by Crippen LogP contribution is -2.12. The van der Waals surface area contributed by atoms with Crippen LogP contribution in [-0.2, 0) is 11.2 Å². The molecule has 0 spiro atoms. The molecule has 0 aliphatic carbocycles. The van der Waals surface area contributed by atoms with E-state index in [9.17, 15) is 4.79 Å². The lowest BCUT2D eigenvalue weighted by Gasteiger charge is -2.10. The lowest BCUT2D eigenvalue weighted by atomic mass is 10.1. The van der Waals surface area contributed by atoms with Gasteiger partial charge in [0, 0.05) is 11.4 Å². The molecule has 1 aromatic heterocycles. The van der Waals surface area contributed by atoms with Gasteiger partial charge in [0.2, 0.25) is 5.91 Å². The van der Waals surface area contributed by atoms with Crippen LogP contribution in [0.1, 0.15) is 12.0 Å². The normalized spacial score (nSPS) is 10.7. The number of benzene rings is 2. The Labute approximate surface area is 154 Å². The van der Waals surface area contributed by atoms with Crippen molar-refractivity contribution in [2.24, 2.45) is 0 Å². The number of nitrogens with one attached hydrogen (secondary N) is 1. The summed E-state index contributed by atoms with van der Waals surface area (Å²) in [6.07, 6.45) is 0.864. The molecule has 1 N–H and O–H groups in total. The van der Waals surface area contributed by atoms with Crippen LogP contribution in [0.4, 0.5) is 5.13 Å². The predicted molar refractivity (Wildman–Crippen MR) is 101 cm³/mol. The number of carbonyl (C=O) groups excluding carboxylic acids is 1. The van der Waals surface area contributed by atoms with Crippen LogP contribution in [-0.4, -0.2) is 25.1 Å². The van der Waals surface area contributed by atoms with Gasteiger partial charge in [-0.05, 0) is 48.4 Å². The van der Waals surface area contributed by atoms with Gasteiger partial charge in [0.25, 0.3) is 0 Å². The van der Waals surface area contributed by atoms with Gasteiger partial charge in [-0.1, -0.05) is 22.9 Å². The average Bonchev–Trinajstić information content (AvgIpc) is 3.00. The van der Waals surface area contributed by atoms with Gasteiger partial charge in [-0.2, -0.15) is 0 Å². The van der Waals surface area contributed by atoms with Crippen molar-refractivity contribution in [1.82, 2.24) is 4.98 Å². The van der Waals surface area contributed by atoms with Crippen molar-refractivity contribution in [2.45, 2.75) is 12.8 Å². The number of thiazole rings is 1. The SMILES string of the molecule is COc1ccc(OC)c(CCC(=O)Nc2nc3ccc(Cl)cc3s2)c1. The summed E-state index contributed by atoms with van der Waals surface area (Å²) in [6.45, 7) is 0. The molecule has 0 saturated heterocycles. The van der Waals surface area contributed by atoms with Gasteiger partial charge in [0.05, 0.1) is 24.4 Å². The lowest BCUT2D eigenvalue weighted by molar-refractivity contribution is -0.116. The Balaban J connectivity index is 1.66. The second kappa shape index (κ2) is 7.72. The molecule has 0 fully saturated rings. The van der Waals surface area contributed by atoms with Crippen molar-refractivity contribution in [3.8, 4) is 11.5 Å². The van der Waals surface area contributed by atoms with Crippen LogP contribution >= 0.6 is 22.9 Å². The maximum Gasteiger partial charge on any atom is 0.226 e. The van der Waals surface area contributed by atoms with Crippen molar-refractivity contribution >= 4 is 44.2 Å². The number of hydrogen-bond donors (Lipinski definition) is 1. The first-order chi connectivity index (χ1) is 12.1. The van der Waals surface area contributed by atoms with E-state index in [0.717, 1.165) is 27.3 Å². The van der Waals surface area contributed by atoms with E-state index in [1.54, 1.807) is 20.3 Å². The number of aryl methyl sites for hydroxylation is 1. The number of aromatic nitrogens is 1. The van der Waals surface area contributed by atoms with Crippen molar-refractivity contribution in [1.29, 1.82) is 0 Å². The molecular formula is C18H17ClN2O3S. The van der Waals surface area contributed by atoms with Crippen LogP contribution < -0.4 is 14.8 Å². The molecule has 7 heteroatoms. The first kappa shape index (κ1) is 17.5. The van der Waals surface area contributed by atoms with Crippen molar-refractivity contribution in [2.75, 3.05) is 19.5 Å². The van der Waals surface area contributed by atoms with Gasteiger partial charge < -0.3 is 14.8 Å². The molecular weight excluding hydrogens is 360 g/mol. The molecule has 1 amide bonds. The van der Waals surface area contributed by atoms with E-state index < -0.39 is 0 Å². The van der Waals surface area contributed by atoms with Gasteiger partial charge in [0.15, 0.2) is 5.13 Å². The fourth-order valence-electron chi connectivity index (χ4n) is 2.46. The third-order valence-corrected chi connectivity index (χ3v) is 4.87. The maximum atomic E-state index is 12.2. The average molecular weight is 377 g/mol. The number of hydrogen-bond acceptors (Lipinski definition) is 5. The predicted octanol–water partition coefficient (Wildman–Crippen LogP) is 4.54. The van der Waals surface area contributed by atoms with Gasteiger partial charge in [-0.25, -0.2) is 4.98 Å². The smallest absolute Gasteiger partial charge is 0.226 e. The van der Waals surface area contributed by atoms with E-state index >= 15 is 0 Å². The second-order valence-electron chi connectivity index (χ2n) is 5.36. The standard InChI is InChI=1S/C18H17ClN2O3S/c1-23-13-5-7-15(24-2)11(9-13)3-8-17(22)21-18-20-14-6-4-12(19)10-16(14)25-18/h4-7,9-10H,3,8H2,1-2H3,(H,20,21,22). The molecule has 25 heavy (non-hydrogen) atoms. The molecule has 5 nitrogen and oxygen atoms in total. The van der Waals surface area contributed by atoms with Crippen LogP contribution in [0.3, 0.4) is 0 Å². The largest absolute Gasteiger partial charge is 0.497 e. The van der Waals surface area contributed by atoms with Crippen LogP contribution in [0.25, 0.3) is 10.2 Å². The van der Waals surface area contributed by atoms with E-state index in [1.807, 2.05) is 30.3 Å². The Hall–Kier alpha value is -2.31. The topological polar surface area (TPSA) is 60.5 Å². The molecule has 3 rings (SSSR count). The summed E-state index contributed by atoms with van der Waals surface area (Å²) in [5, 5.41) is 4.06. The third kappa shape index (κ3) is 4.21. The molecule has 2 aromatic carbocycles. The summed E-state index contributed by atoms with van der Waals surface area (Å²) in [4.78, 5) is 16.6. The molecule has 0 radical (unpaired) electrons. The third-order valence-electron chi connectivity index (χ3n) is 3.71. The van der Waals surface area contributed by atoms with E-state index in [4.69, 9.17) is 21.1 Å². The Morgan fingerprint density at radius 1 is 1.20 bits per heavy atom. The molecule has 1 heterocycles. The summed E-state index contributed by atoms with van der Waals surface area (Å²) in [6, 6.07) is 11.0. The van der Waals surface area contributed by atoms with E-state index in [2.05, 4.69) is 10.3 Å². The number of nitrogens with zero attached hydrogens (tertiary/aromatic N) is 1. The second-order valence-corrected chi connectivity index (χ2v) is 6.82. The number of amides is 1. The number of methoxy groups -OCH3 is 2. The van der Waals surface area contributed by atoms with Crippen LogP contribution in [0.15, 0.2) is 36.4 Å². The van der Waals surface area contributed by atoms with E-state index in [1.165, 1.54) is 11.3 Å². The van der Waals surface area contributed by atoms with Crippen LogP contribution in [0.5, 0.6) is 11.5 Å². The summed E-state index contributed by atoms with van der Waals surface area (Å²) >= 11 is 7.38. The Morgan fingerprint density at radius 3 is 2.80 bits per heavy atom. The molecule has 0 unspecified atom stereocenters. The number of halogens is 1. The van der Waals surface area contributed by atoms with Crippen molar-refractivity contribution in [3.05, 3.63) is 47.0 Å². The van der Waals surface area contributed by atoms with Gasteiger partial charge >= 0.3 is 0 Å². The monoisotopic (exact) mass is 376 g/mol. The minimum absolute atomic E-state index is 0.102. The zero-order valence-electron chi connectivity index (χ0n) is 13.8. The first-order valence-corrected chi connectivity index (χ1v) is 8.85. The quantitative estimate of drug-likeness (QED) is 0.686. The van der Waals surface area contributed by atoms with Gasteiger partial charge in [-0.15, -0.1) is 0 Å². The highest BCUT2D eigenvalue weighted by Crippen LogP contribution is 2.29. The molecule has 0 aliphatic rings. The number of fused-ring (bicyclic) bond motifs is 1. The number of ether oxygens (including phenoxy) is 2. The summed E-state index contributed by atoms with van der Waals surface area (Å²) in [5.74, 6) is 1.37. The molecule has 130 valence electrons. The Kier molecular flexibility index (Phi) is 5.40. The summed E-state index contributed by atoms with van der Waals surface area (Å²) in [5.41, 5.74) is 1.74. The Bertz CT molecular complexity index is 910. The molecule has 0 saturated carbocycles. The van der Waals surface area contributed by atoms with Crippen molar-refractivity contribution < 1.29 is 14.3 Å². The first-order valence-electron chi connectivity index (χ1n) is 7.66. The van der Waals surface area contributed by atoms with Crippen LogP contribution in [0, 0.1) is 0 Å². The summed E-state index contributed by atoms with van der Waals surface area (Å²) < 4.78 is 11.5. The zero-order valence-corrected chi connectivity index (χ0v) is 15.4. The Morgan fingerprint density at radius 2 is 2.04 bits per heavy atom. The maximum absolute atomic E-state index is 12.2. The molecule has 0 bridgehead atoms. The minimum Gasteiger partial charge on any atom is -0.497 e.